The zero-order valence-corrected chi connectivity index (χ0v) is 18.9. The van der Waals surface area contributed by atoms with Crippen LogP contribution in [-0.2, 0) is 11.3 Å². The van der Waals surface area contributed by atoms with Crippen molar-refractivity contribution in [1.29, 1.82) is 0 Å². The van der Waals surface area contributed by atoms with Gasteiger partial charge >= 0.3 is 0 Å². The minimum atomic E-state index is -0.0122. The molecule has 0 radical (unpaired) electrons. The molecule has 0 aliphatic heterocycles. The first kappa shape index (κ1) is 24.1. The van der Waals surface area contributed by atoms with Crippen molar-refractivity contribution in [2.75, 3.05) is 46.3 Å². The standard InChI is InChI=1S/C16H25ClN4O2S.HI/c1-21(2)15(22)11-20-16(18-7-8-24-4)19-10-12-5-6-14(23-3)13(17)9-12;/h5-6,9H,7-8,10-11H2,1-4H3,(H2,18,19,20);1H. The van der Waals surface area contributed by atoms with Crippen molar-refractivity contribution in [3.8, 4) is 5.75 Å². The fraction of sp³-hybridized carbons (Fsp3) is 0.500. The summed E-state index contributed by atoms with van der Waals surface area (Å²) in [6, 6.07) is 5.56. The molecule has 0 unspecified atom stereocenters. The fourth-order valence-electron chi connectivity index (χ4n) is 1.74. The number of aliphatic imine (C=N–C) groups is 1. The SMILES string of the molecule is COc1ccc(CN=C(NCCSC)NCC(=O)N(C)C)cc1Cl.I. The van der Waals surface area contributed by atoms with Crippen LogP contribution >= 0.6 is 47.3 Å². The lowest BCUT2D eigenvalue weighted by molar-refractivity contribution is -0.127. The molecule has 1 aromatic rings. The highest BCUT2D eigenvalue weighted by molar-refractivity contribution is 14.0. The molecule has 0 atom stereocenters. The van der Waals surface area contributed by atoms with E-state index in [1.165, 1.54) is 4.90 Å². The van der Waals surface area contributed by atoms with Gasteiger partial charge in [-0.1, -0.05) is 17.7 Å². The number of nitrogens with one attached hydrogen (secondary N) is 2. The first-order valence-corrected chi connectivity index (χ1v) is 9.28. The number of methoxy groups -OCH3 is 1. The Balaban J connectivity index is 0.00000576. The summed E-state index contributed by atoms with van der Waals surface area (Å²) >= 11 is 7.87. The van der Waals surface area contributed by atoms with E-state index >= 15 is 0 Å². The molecular weight excluding hydrogens is 475 g/mol. The van der Waals surface area contributed by atoms with Crippen LogP contribution in [-0.4, -0.2) is 63.1 Å². The Morgan fingerprint density at radius 1 is 1.36 bits per heavy atom. The van der Waals surface area contributed by atoms with Crippen LogP contribution in [0.25, 0.3) is 0 Å². The predicted molar refractivity (Wildman–Crippen MR) is 118 cm³/mol. The summed E-state index contributed by atoms with van der Waals surface area (Å²) in [4.78, 5) is 17.8. The number of benzene rings is 1. The van der Waals surface area contributed by atoms with Gasteiger partial charge in [-0.2, -0.15) is 11.8 Å². The number of halogens is 2. The molecule has 1 rings (SSSR count). The number of ether oxygens (including phenoxy) is 1. The monoisotopic (exact) mass is 500 g/mol. The van der Waals surface area contributed by atoms with Crippen LogP contribution in [0.3, 0.4) is 0 Å². The van der Waals surface area contributed by atoms with Crippen molar-refractivity contribution >= 4 is 59.2 Å². The lowest BCUT2D eigenvalue weighted by atomic mass is 10.2. The number of hydrogen-bond acceptors (Lipinski definition) is 4. The zero-order valence-electron chi connectivity index (χ0n) is 15.0. The summed E-state index contributed by atoms with van der Waals surface area (Å²) in [5.41, 5.74) is 0.964. The summed E-state index contributed by atoms with van der Waals surface area (Å²) in [6.07, 6.45) is 2.04. The molecule has 9 heteroatoms. The van der Waals surface area contributed by atoms with Crippen molar-refractivity contribution in [3.05, 3.63) is 28.8 Å². The van der Waals surface area contributed by atoms with E-state index < -0.39 is 0 Å². The van der Waals surface area contributed by atoms with Gasteiger partial charge in [0.05, 0.1) is 25.2 Å². The molecule has 0 aromatic heterocycles. The Labute approximate surface area is 176 Å². The van der Waals surface area contributed by atoms with Crippen LogP contribution in [0.15, 0.2) is 23.2 Å². The largest absolute Gasteiger partial charge is 0.495 e. The number of rotatable bonds is 8. The molecule has 1 aromatic carbocycles. The summed E-state index contributed by atoms with van der Waals surface area (Å²) in [6.45, 7) is 1.42. The van der Waals surface area contributed by atoms with E-state index in [0.717, 1.165) is 17.9 Å². The molecule has 0 fully saturated rings. The molecule has 0 aliphatic rings. The van der Waals surface area contributed by atoms with Gasteiger partial charge in [0.25, 0.3) is 0 Å². The molecule has 0 saturated carbocycles. The van der Waals surface area contributed by atoms with Gasteiger partial charge in [-0.05, 0) is 24.0 Å². The van der Waals surface area contributed by atoms with Crippen LogP contribution in [0.4, 0.5) is 0 Å². The average Bonchev–Trinajstić information content (AvgIpc) is 2.56. The van der Waals surface area contributed by atoms with E-state index in [-0.39, 0.29) is 36.4 Å². The molecule has 0 spiro atoms. The third kappa shape index (κ3) is 9.41. The average molecular weight is 501 g/mol. The van der Waals surface area contributed by atoms with Crippen LogP contribution < -0.4 is 15.4 Å². The number of thioether (sulfide) groups is 1. The lowest BCUT2D eigenvalue weighted by Gasteiger charge is -2.15. The second kappa shape index (κ2) is 13.3. The van der Waals surface area contributed by atoms with E-state index in [4.69, 9.17) is 16.3 Å². The lowest BCUT2D eigenvalue weighted by Crippen LogP contribution is -2.43. The van der Waals surface area contributed by atoms with Gasteiger partial charge in [-0.3, -0.25) is 4.79 Å². The number of likely N-dealkylation sites (N-methyl/N-ethyl adjacent to an activating group) is 1. The van der Waals surface area contributed by atoms with Crippen LogP contribution in [0, 0.1) is 0 Å². The highest BCUT2D eigenvalue weighted by Crippen LogP contribution is 2.25. The third-order valence-corrected chi connectivity index (χ3v) is 4.05. The smallest absolute Gasteiger partial charge is 0.241 e. The summed E-state index contributed by atoms with van der Waals surface area (Å²) in [5.74, 6) is 2.18. The highest BCUT2D eigenvalue weighted by Gasteiger charge is 2.06. The summed E-state index contributed by atoms with van der Waals surface area (Å²) in [7, 11) is 5.03. The van der Waals surface area contributed by atoms with Crippen molar-refractivity contribution in [1.82, 2.24) is 15.5 Å². The normalized spacial score (nSPS) is 10.7. The number of guanidine groups is 1. The molecule has 25 heavy (non-hydrogen) atoms. The molecule has 142 valence electrons. The summed E-state index contributed by atoms with van der Waals surface area (Å²) in [5, 5.41) is 6.81. The molecular formula is C16H26ClIN4O2S. The fourth-order valence-corrected chi connectivity index (χ4v) is 2.33. The van der Waals surface area contributed by atoms with Gasteiger partial charge in [0.1, 0.15) is 5.75 Å². The van der Waals surface area contributed by atoms with Crippen molar-refractivity contribution in [2.45, 2.75) is 6.54 Å². The maximum atomic E-state index is 11.7. The number of nitrogens with zero attached hydrogens (tertiary/aromatic N) is 2. The summed E-state index contributed by atoms with van der Waals surface area (Å²) < 4.78 is 5.14. The maximum Gasteiger partial charge on any atom is 0.241 e. The van der Waals surface area contributed by atoms with E-state index in [1.807, 2.05) is 24.5 Å². The Kier molecular flexibility index (Phi) is 12.9. The molecule has 0 bridgehead atoms. The van der Waals surface area contributed by atoms with Crippen molar-refractivity contribution < 1.29 is 9.53 Å². The molecule has 1 amide bonds. The molecule has 0 saturated heterocycles. The quantitative estimate of drug-likeness (QED) is 0.248. The Morgan fingerprint density at radius 2 is 2.08 bits per heavy atom. The van der Waals surface area contributed by atoms with Gasteiger partial charge in [0.15, 0.2) is 5.96 Å². The van der Waals surface area contributed by atoms with Crippen molar-refractivity contribution in [2.24, 2.45) is 4.99 Å². The Hall–Kier alpha value is -0.870. The minimum absolute atomic E-state index is 0. The zero-order chi connectivity index (χ0) is 17.9. The van der Waals surface area contributed by atoms with Gasteiger partial charge in [0, 0.05) is 26.4 Å². The molecule has 0 heterocycles. The minimum Gasteiger partial charge on any atom is -0.495 e. The first-order valence-electron chi connectivity index (χ1n) is 7.51. The van der Waals surface area contributed by atoms with Gasteiger partial charge in [0.2, 0.25) is 5.91 Å². The highest BCUT2D eigenvalue weighted by atomic mass is 127. The maximum absolute atomic E-state index is 11.7. The number of carbonyl (C=O) groups is 1. The molecule has 2 N–H and O–H groups in total. The van der Waals surface area contributed by atoms with E-state index in [2.05, 4.69) is 15.6 Å². The number of carbonyl (C=O) groups excluding carboxylic acids is 1. The Bertz CT molecular complexity index is 573. The Morgan fingerprint density at radius 3 is 2.64 bits per heavy atom. The van der Waals surface area contributed by atoms with Gasteiger partial charge in [-0.25, -0.2) is 4.99 Å². The van der Waals surface area contributed by atoms with E-state index in [1.54, 1.807) is 33.0 Å². The number of amides is 1. The first-order chi connectivity index (χ1) is 11.5. The topological polar surface area (TPSA) is 66.0 Å². The van der Waals surface area contributed by atoms with Crippen LogP contribution in [0.5, 0.6) is 5.75 Å². The second-order valence-electron chi connectivity index (χ2n) is 5.20. The predicted octanol–water partition coefficient (Wildman–Crippen LogP) is 2.45. The van der Waals surface area contributed by atoms with Crippen LogP contribution in [0.1, 0.15) is 5.56 Å². The van der Waals surface area contributed by atoms with Crippen molar-refractivity contribution in [3.63, 3.8) is 0 Å². The molecule has 6 nitrogen and oxygen atoms in total. The van der Waals surface area contributed by atoms with E-state index in [9.17, 15) is 4.79 Å². The van der Waals surface area contributed by atoms with Gasteiger partial charge < -0.3 is 20.3 Å². The molecule has 0 aliphatic carbocycles. The van der Waals surface area contributed by atoms with E-state index in [0.29, 0.717) is 23.3 Å². The second-order valence-corrected chi connectivity index (χ2v) is 6.59. The van der Waals surface area contributed by atoms with Gasteiger partial charge in [-0.15, -0.1) is 24.0 Å². The van der Waals surface area contributed by atoms with Crippen LogP contribution in [0.2, 0.25) is 5.02 Å². The number of hydrogen-bond donors (Lipinski definition) is 2. The third-order valence-electron chi connectivity index (χ3n) is 3.14.